The number of nitrogens with zero attached hydrogens (tertiary/aromatic N) is 3. The molecule has 1 aliphatic rings. The maximum atomic E-state index is 4.60. The van der Waals surface area contributed by atoms with Crippen LogP contribution in [0.1, 0.15) is 51.1 Å². The Hall–Kier alpha value is -2.30. The van der Waals surface area contributed by atoms with Crippen LogP contribution in [0.5, 0.6) is 0 Å². The second-order valence-electron chi connectivity index (χ2n) is 7.07. The number of rotatable bonds is 8. The molecule has 0 spiro atoms. The highest BCUT2D eigenvalue weighted by molar-refractivity contribution is 5.60. The Labute approximate surface area is 157 Å². The Bertz CT molecular complexity index is 677. The lowest BCUT2D eigenvalue weighted by molar-refractivity contribution is 0.578. The molecule has 3 rings (SSSR count). The summed E-state index contributed by atoms with van der Waals surface area (Å²) >= 11 is 0. The van der Waals surface area contributed by atoms with Gasteiger partial charge in [-0.3, -0.25) is 0 Å². The van der Waals surface area contributed by atoms with Gasteiger partial charge in [-0.1, -0.05) is 19.8 Å². The molecule has 5 heteroatoms. The van der Waals surface area contributed by atoms with Crippen molar-refractivity contribution in [2.75, 3.05) is 35.2 Å². The van der Waals surface area contributed by atoms with Crippen LogP contribution in [-0.4, -0.2) is 29.6 Å². The summed E-state index contributed by atoms with van der Waals surface area (Å²) < 4.78 is 0. The molecule has 0 bridgehead atoms. The molecule has 0 saturated carbocycles. The van der Waals surface area contributed by atoms with Crippen LogP contribution in [0.3, 0.4) is 0 Å². The summed E-state index contributed by atoms with van der Waals surface area (Å²) in [5, 5.41) is 6.74. The number of anilines is 4. The number of hydrogen-bond donors (Lipinski definition) is 2. The first-order valence-corrected chi connectivity index (χ1v) is 9.96. The minimum absolute atomic E-state index is 0.647. The summed E-state index contributed by atoms with van der Waals surface area (Å²) in [5.41, 5.74) is 3.29. The maximum Gasteiger partial charge on any atom is 0.229 e. The third-order valence-electron chi connectivity index (χ3n) is 4.79. The summed E-state index contributed by atoms with van der Waals surface area (Å²) in [4.78, 5) is 11.6. The molecule has 0 amide bonds. The van der Waals surface area contributed by atoms with Gasteiger partial charge in [0.25, 0.3) is 0 Å². The Morgan fingerprint density at radius 1 is 1.00 bits per heavy atom. The monoisotopic (exact) mass is 353 g/mol. The van der Waals surface area contributed by atoms with Gasteiger partial charge in [0.1, 0.15) is 5.82 Å². The van der Waals surface area contributed by atoms with Crippen molar-refractivity contribution in [2.24, 2.45) is 0 Å². The zero-order chi connectivity index (χ0) is 18.2. The molecule has 0 unspecified atom stereocenters. The average molecular weight is 354 g/mol. The Morgan fingerprint density at radius 2 is 1.77 bits per heavy atom. The third-order valence-corrected chi connectivity index (χ3v) is 4.79. The van der Waals surface area contributed by atoms with E-state index in [2.05, 4.69) is 56.7 Å². The number of hydrogen-bond acceptors (Lipinski definition) is 5. The number of aryl methyl sites for hydroxylation is 1. The maximum absolute atomic E-state index is 4.60. The van der Waals surface area contributed by atoms with Crippen LogP contribution in [0, 0.1) is 6.92 Å². The first-order chi connectivity index (χ1) is 12.7. The van der Waals surface area contributed by atoms with Gasteiger partial charge in [-0.25, -0.2) is 4.98 Å². The van der Waals surface area contributed by atoms with Crippen molar-refractivity contribution in [1.82, 2.24) is 9.97 Å². The molecule has 2 aromatic rings. The van der Waals surface area contributed by atoms with Crippen molar-refractivity contribution in [2.45, 2.75) is 52.4 Å². The van der Waals surface area contributed by atoms with E-state index in [0.717, 1.165) is 23.7 Å². The molecule has 1 fully saturated rings. The van der Waals surface area contributed by atoms with Gasteiger partial charge in [0, 0.05) is 42.8 Å². The lowest BCUT2D eigenvalue weighted by Gasteiger charge is -2.28. The van der Waals surface area contributed by atoms with E-state index in [1.165, 1.54) is 57.3 Å². The number of benzene rings is 1. The lowest BCUT2D eigenvalue weighted by Crippen LogP contribution is -2.29. The normalized spacial score (nSPS) is 14.3. The van der Waals surface area contributed by atoms with Crippen LogP contribution in [0.2, 0.25) is 0 Å². The second-order valence-corrected chi connectivity index (χ2v) is 7.07. The topological polar surface area (TPSA) is 53.1 Å². The molecule has 5 nitrogen and oxygen atoms in total. The molecular formula is C21H31N5. The summed E-state index contributed by atoms with van der Waals surface area (Å²) in [7, 11) is 0. The molecule has 1 aromatic heterocycles. The van der Waals surface area contributed by atoms with Crippen molar-refractivity contribution in [1.29, 1.82) is 0 Å². The quantitative estimate of drug-likeness (QED) is 0.645. The molecule has 0 aliphatic carbocycles. The Balaban J connectivity index is 1.61. The predicted octanol–water partition coefficient (Wildman–Crippen LogP) is 5.12. The van der Waals surface area contributed by atoms with Crippen LogP contribution in [0.25, 0.3) is 0 Å². The van der Waals surface area contributed by atoms with Gasteiger partial charge < -0.3 is 15.5 Å². The smallest absolute Gasteiger partial charge is 0.229 e. The predicted molar refractivity (Wildman–Crippen MR) is 111 cm³/mol. The minimum atomic E-state index is 0.647. The van der Waals surface area contributed by atoms with E-state index in [1.807, 2.05) is 13.0 Å². The highest BCUT2D eigenvalue weighted by atomic mass is 15.1. The standard InChI is InChI=1S/C21H31N5/c1-3-4-6-13-22-20-16-17(2)23-21(25-20)24-18-9-11-19(12-10-18)26-14-7-5-8-15-26/h9-12,16H,3-8,13-15H2,1-2H3,(H2,22,23,24,25). The van der Waals surface area contributed by atoms with Gasteiger partial charge in [0.2, 0.25) is 5.95 Å². The van der Waals surface area contributed by atoms with Gasteiger partial charge in [-0.2, -0.15) is 4.98 Å². The molecule has 26 heavy (non-hydrogen) atoms. The fourth-order valence-electron chi connectivity index (χ4n) is 3.34. The van der Waals surface area contributed by atoms with E-state index in [9.17, 15) is 0 Å². The molecule has 0 atom stereocenters. The van der Waals surface area contributed by atoms with E-state index >= 15 is 0 Å². The minimum Gasteiger partial charge on any atom is -0.372 e. The number of piperidine rings is 1. The van der Waals surface area contributed by atoms with Crippen molar-refractivity contribution in [3.05, 3.63) is 36.0 Å². The number of aromatic nitrogens is 2. The fourth-order valence-corrected chi connectivity index (χ4v) is 3.34. The first kappa shape index (κ1) is 18.5. The van der Waals surface area contributed by atoms with E-state index in [-0.39, 0.29) is 0 Å². The number of unbranched alkanes of at least 4 members (excludes halogenated alkanes) is 2. The van der Waals surface area contributed by atoms with Gasteiger partial charge in [0.15, 0.2) is 0 Å². The largest absolute Gasteiger partial charge is 0.372 e. The average Bonchev–Trinajstić information content (AvgIpc) is 2.66. The van der Waals surface area contributed by atoms with E-state index in [1.54, 1.807) is 0 Å². The van der Waals surface area contributed by atoms with Crippen molar-refractivity contribution < 1.29 is 0 Å². The van der Waals surface area contributed by atoms with Gasteiger partial charge in [-0.15, -0.1) is 0 Å². The molecule has 1 aromatic carbocycles. The summed E-state index contributed by atoms with van der Waals surface area (Å²) in [6.45, 7) is 7.51. The molecule has 1 aliphatic heterocycles. The van der Waals surface area contributed by atoms with E-state index < -0.39 is 0 Å². The molecule has 2 N–H and O–H groups in total. The third kappa shape index (κ3) is 5.35. The van der Waals surface area contributed by atoms with Crippen LogP contribution in [0.15, 0.2) is 30.3 Å². The summed E-state index contributed by atoms with van der Waals surface area (Å²) in [6.07, 6.45) is 7.59. The molecule has 0 radical (unpaired) electrons. The van der Waals surface area contributed by atoms with Crippen LogP contribution >= 0.6 is 0 Å². The zero-order valence-corrected chi connectivity index (χ0v) is 16.1. The fraction of sp³-hybridized carbons (Fsp3) is 0.524. The van der Waals surface area contributed by atoms with Crippen molar-refractivity contribution in [3.63, 3.8) is 0 Å². The summed E-state index contributed by atoms with van der Waals surface area (Å²) in [5.74, 6) is 1.54. The first-order valence-electron chi connectivity index (χ1n) is 9.96. The SMILES string of the molecule is CCCCCNc1cc(C)nc(Nc2ccc(N3CCCCC3)cc2)n1. The number of nitrogens with one attached hydrogen (secondary N) is 2. The van der Waals surface area contributed by atoms with Gasteiger partial charge >= 0.3 is 0 Å². The van der Waals surface area contributed by atoms with Crippen molar-refractivity contribution >= 4 is 23.1 Å². The molecule has 140 valence electrons. The second kappa shape index (κ2) is 9.41. The van der Waals surface area contributed by atoms with E-state index in [4.69, 9.17) is 0 Å². The Morgan fingerprint density at radius 3 is 2.50 bits per heavy atom. The van der Waals surface area contributed by atoms with Crippen LogP contribution in [-0.2, 0) is 0 Å². The van der Waals surface area contributed by atoms with E-state index in [0.29, 0.717) is 5.95 Å². The highest BCUT2D eigenvalue weighted by Gasteiger charge is 2.10. The summed E-state index contributed by atoms with van der Waals surface area (Å²) in [6, 6.07) is 10.6. The van der Waals surface area contributed by atoms with Crippen LogP contribution in [0.4, 0.5) is 23.1 Å². The molecular weight excluding hydrogens is 322 g/mol. The highest BCUT2D eigenvalue weighted by Crippen LogP contribution is 2.23. The Kier molecular flexibility index (Phi) is 6.69. The molecule has 1 saturated heterocycles. The molecule has 2 heterocycles. The van der Waals surface area contributed by atoms with Crippen LogP contribution < -0.4 is 15.5 Å². The van der Waals surface area contributed by atoms with Gasteiger partial charge in [0.05, 0.1) is 0 Å². The lowest BCUT2D eigenvalue weighted by atomic mass is 10.1. The zero-order valence-electron chi connectivity index (χ0n) is 16.1. The van der Waals surface area contributed by atoms with Gasteiger partial charge in [-0.05, 0) is 56.9 Å². The van der Waals surface area contributed by atoms with Crippen molar-refractivity contribution in [3.8, 4) is 0 Å².